The van der Waals surface area contributed by atoms with Crippen molar-refractivity contribution < 1.29 is 17.9 Å². The molecule has 0 aliphatic rings. The van der Waals surface area contributed by atoms with E-state index in [4.69, 9.17) is 16.7 Å². The Morgan fingerprint density at radius 1 is 1.14 bits per heavy atom. The van der Waals surface area contributed by atoms with Crippen LogP contribution in [0.4, 0.5) is 10.1 Å². The second-order valence-electron chi connectivity index (χ2n) is 4.21. The van der Waals surface area contributed by atoms with Crippen molar-refractivity contribution in [2.24, 2.45) is 0 Å². The molecule has 0 radical (unpaired) electrons. The van der Waals surface area contributed by atoms with Crippen LogP contribution in [0.2, 0.25) is 5.02 Å². The Morgan fingerprint density at radius 3 is 2.38 bits per heavy atom. The van der Waals surface area contributed by atoms with E-state index in [2.05, 4.69) is 0 Å². The quantitative estimate of drug-likeness (QED) is 0.917. The molecule has 0 fully saturated rings. The third kappa shape index (κ3) is 3.34. The lowest BCUT2D eigenvalue weighted by atomic mass is 10.3. The molecule has 0 aliphatic carbocycles. The largest absolute Gasteiger partial charge is 0.394 e. The predicted octanol–water partition coefficient (Wildman–Crippen LogP) is 2.67. The minimum absolute atomic E-state index is 0.125. The summed E-state index contributed by atoms with van der Waals surface area (Å²) in [6.45, 7) is -0.479. The van der Waals surface area contributed by atoms with Gasteiger partial charge >= 0.3 is 0 Å². The number of nitrogens with zero attached hydrogens (tertiary/aromatic N) is 1. The van der Waals surface area contributed by atoms with Crippen LogP contribution >= 0.6 is 11.6 Å². The van der Waals surface area contributed by atoms with Gasteiger partial charge < -0.3 is 5.11 Å². The third-order valence-electron chi connectivity index (χ3n) is 2.81. The van der Waals surface area contributed by atoms with Gasteiger partial charge in [-0.25, -0.2) is 12.8 Å². The van der Waals surface area contributed by atoms with Crippen molar-refractivity contribution in [2.75, 3.05) is 17.5 Å². The van der Waals surface area contributed by atoms with Crippen LogP contribution in [0.5, 0.6) is 0 Å². The molecule has 0 saturated carbocycles. The summed E-state index contributed by atoms with van der Waals surface area (Å²) < 4.78 is 39.4. The molecular weight excluding hydrogens is 317 g/mol. The average Bonchev–Trinajstić information content (AvgIpc) is 2.45. The molecule has 0 unspecified atom stereocenters. The predicted molar refractivity (Wildman–Crippen MR) is 79.5 cm³/mol. The summed E-state index contributed by atoms with van der Waals surface area (Å²) in [5.41, 5.74) is 0.395. The fourth-order valence-corrected chi connectivity index (χ4v) is 3.84. The number of sulfonamides is 1. The number of hydrogen-bond acceptors (Lipinski definition) is 3. The van der Waals surface area contributed by atoms with E-state index in [0.29, 0.717) is 5.69 Å². The van der Waals surface area contributed by atoms with E-state index in [9.17, 15) is 12.8 Å². The summed E-state index contributed by atoms with van der Waals surface area (Å²) in [4.78, 5) is -0.206. The first-order valence-electron chi connectivity index (χ1n) is 6.10. The van der Waals surface area contributed by atoms with Gasteiger partial charge in [0.15, 0.2) is 0 Å². The van der Waals surface area contributed by atoms with Gasteiger partial charge in [0.2, 0.25) is 0 Å². The van der Waals surface area contributed by atoms with Crippen LogP contribution in [0.15, 0.2) is 53.4 Å². The Morgan fingerprint density at radius 2 is 1.81 bits per heavy atom. The van der Waals surface area contributed by atoms with Crippen molar-refractivity contribution in [1.29, 1.82) is 0 Å². The zero-order chi connectivity index (χ0) is 15.5. The summed E-state index contributed by atoms with van der Waals surface area (Å²) in [7, 11) is -3.99. The molecule has 0 amide bonds. The second kappa shape index (κ2) is 6.43. The Balaban J connectivity index is 2.53. The van der Waals surface area contributed by atoms with Crippen molar-refractivity contribution in [3.8, 4) is 0 Å². The maximum absolute atomic E-state index is 13.1. The lowest BCUT2D eigenvalue weighted by Crippen LogP contribution is -2.33. The topological polar surface area (TPSA) is 57.6 Å². The van der Waals surface area contributed by atoms with Crippen LogP contribution in [-0.4, -0.2) is 26.7 Å². The Kier molecular flexibility index (Phi) is 4.82. The van der Waals surface area contributed by atoms with Crippen LogP contribution in [-0.2, 0) is 10.0 Å². The first-order chi connectivity index (χ1) is 9.96. The van der Waals surface area contributed by atoms with Crippen molar-refractivity contribution in [3.63, 3.8) is 0 Å². The smallest absolute Gasteiger partial charge is 0.265 e. The number of halogens is 2. The van der Waals surface area contributed by atoms with Crippen molar-refractivity contribution in [2.45, 2.75) is 4.90 Å². The van der Waals surface area contributed by atoms with Gasteiger partial charge in [-0.2, -0.15) is 0 Å². The second-order valence-corrected chi connectivity index (χ2v) is 6.45. The molecule has 0 atom stereocenters. The van der Waals surface area contributed by atoms with Gasteiger partial charge in [0.05, 0.1) is 23.9 Å². The first-order valence-corrected chi connectivity index (χ1v) is 7.92. The molecule has 0 aliphatic heterocycles. The molecule has 0 saturated heterocycles. The van der Waals surface area contributed by atoms with E-state index >= 15 is 0 Å². The lowest BCUT2D eigenvalue weighted by Gasteiger charge is -2.24. The maximum atomic E-state index is 13.1. The van der Waals surface area contributed by atoms with Gasteiger partial charge in [-0.3, -0.25) is 4.31 Å². The summed E-state index contributed by atoms with van der Waals surface area (Å²) in [5.74, 6) is -0.618. The Labute approximate surface area is 127 Å². The zero-order valence-corrected chi connectivity index (χ0v) is 12.5. The molecule has 0 spiro atoms. The molecule has 21 heavy (non-hydrogen) atoms. The van der Waals surface area contributed by atoms with Gasteiger partial charge in [0.1, 0.15) is 10.7 Å². The van der Waals surface area contributed by atoms with Crippen LogP contribution < -0.4 is 4.31 Å². The van der Waals surface area contributed by atoms with Crippen LogP contribution in [0, 0.1) is 5.82 Å². The molecule has 112 valence electrons. The molecule has 4 nitrogen and oxygen atoms in total. The monoisotopic (exact) mass is 329 g/mol. The summed E-state index contributed by atoms with van der Waals surface area (Å²) in [6, 6.07) is 11.4. The van der Waals surface area contributed by atoms with Crippen molar-refractivity contribution in [1.82, 2.24) is 0 Å². The highest BCUT2D eigenvalue weighted by atomic mass is 35.5. The molecule has 0 bridgehead atoms. The molecule has 0 heterocycles. The van der Waals surface area contributed by atoms with Gasteiger partial charge in [-0.1, -0.05) is 29.8 Å². The molecule has 0 aromatic heterocycles. The van der Waals surface area contributed by atoms with Crippen molar-refractivity contribution >= 4 is 27.3 Å². The summed E-state index contributed by atoms with van der Waals surface area (Å²) in [5, 5.41) is 8.92. The van der Waals surface area contributed by atoms with Crippen LogP contribution in [0.25, 0.3) is 0 Å². The van der Waals surface area contributed by atoms with Crippen LogP contribution in [0.1, 0.15) is 0 Å². The van der Waals surface area contributed by atoms with E-state index < -0.39 is 15.8 Å². The lowest BCUT2D eigenvalue weighted by molar-refractivity contribution is 0.306. The highest BCUT2D eigenvalue weighted by Crippen LogP contribution is 2.28. The molecule has 7 heteroatoms. The van der Waals surface area contributed by atoms with E-state index in [1.165, 1.54) is 0 Å². The number of para-hydroxylation sites is 1. The van der Waals surface area contributed by atoms with Gasteiger partial charge in [0.25, 0.3) is 10.0 Å². The number of hydrogen-bond donors (Lipinski definition) is 1. The highest BCUT2D eigenvalue weighted by Gasteiger charge is 2.26. The van der Waals surface area contributed by atoms with Gasteiger partial charge in [-0.15, -0.1) is 0 Å². The summed E-state index contributed by atoms with van der Waals surface area (Å²) >= 11 is 5.84. The number of rotatable bonds is 5. The SMILES string of the molecule is O=S(=O)(c1ccc(F)cc1Cl)N(CCO)c1ccccc1. The van der Waals surface area contributed by atoms with Gasteiger partial charge in [-0.05, 0) is 30.3 Å². The standard InChI is InChI=1S/C14H13ClFNO3S/c15-13-10-11(16)6-7-14(13)21(19,20)17(8-9-18)12-4-2-1-3-5-12/h1-7,10,18H,8-9H2. The minimum Gasteiger partial charge on any atom is -0.394 e. The molecule has 1 N–H and O–H groups in total. The first kappa shape index (κ1) is 15.8. The molecule has 2 aromatic carbocycles. The third-order valence-corrected chi connectivity index (χ3v) is 5.12. The molecular formula is C14H13ClFNO3S. The number of aliphatic hydroxyl groups is 1. The average molecular weight is 330 g/mol. The normalized spacial score (nSPS) is 11.4. The fraction of sp³-hybridized carbons (Fsp3) is 0.143. The van der Waals surface area contributed by atoms with E-state index in [-0.39, 0.29) is 23.1 Å². The van der Waals surface area contributed by atoms with E-state index in [0.717, 1.165) is 22.5 Å². The summed E-state index contributed by atoms with van der Waals surface area (Å²) in [6.07, 6.45) is 0. The fourth-order valence-electron chi connectivity index (χ4n) is 1.88. The van der Waals surface area contributed by atoms with Crippen LogP contribution in [0.3, 0.4) is 0 Å². The zero-order valence-electron chi connectivity index (χ0n) is 10.9. The molecule has 2 aromatic rings. The van der Waals surface area contributed by atoms with E-state index in [1.54, 1.807) is 30.3 Å². The number of aliphatic hydroxyl groups excluding tert-OH is 1. The minimum atomic E-state index is -3.99. The highest BCUT2D eigenvalue weighted by molar-refractivity contribution is 7.93. The van der Waals surface area contributed by atoms with Crippen molar-refractivity contribution in [3.05, 3.63) is 59.4 Å². The Bertz CT molecular complexity index is 722. The van der Waals surface area contributed by atoms with E-state index in [1.807, 2.05) is 0 Å². The number of anilines is 1. The Hall–Kier alpha value is -1.63. The maximum Gasteiger partial charge on any atom is 0.265 e. The van der Waals surface area contributed by atoms with Gasteiger partial charge in [0, 0.05) is 0 Å². The number of benzene rings is 2. The molecule has 2 rings (SSSR count).